The molecular weight excluding hydrogens is 505 g/mol. The van der Waals surface area contributed by atoms with Crippen molar-refractivity contribution < 1.29 is 14.3 Å². The van der Waals surface area contributed by atoms with Gasteiger partial charge in [-0.05, 0) is 60.6 Å². The van der Waals surface area contributed by atoms with Gasteiger partial charge in [0.1, 0.15) is 21.2 Å². The summed E-state index contributed by atoms with van der Waals surface area (Å²) in [6, 6.07) is 13.7. The predicted molar refractivity (Wildman–Crippen MR) is 141 cm³/mol. The van der Waals surface area contributed by atoms with Crippen LogP contribution in [0.25, 0.3) is 0 Å². The van der Waals surface area contributed by atoms with Crippen molar-refractivity contribution in [1.82, 2.24) is 9.69 Å². The topological polar surface area (TPSA) is 71.5 Å². The molecular formula is C26H27Cl2N3O3S. The average molecular weight is 532 g/mol. The Bertz CT molecular complexity index is 1190. The van der Waals surface area contributed by atoms with Crippen molar-refractivity contribution >= 4 is 52.2 Å². The van der Waals surface area contributed by atoms with E-state index in [1.807, 2.05) is 31.2 Å². The average Bonchev–Trinajstić information content (AvgIpc) is 3.21. The van der Waals surface area contributed by atoms with Crippen LogP contribution in [-0.4, -0.2) is 29.3 Å². The van der Waals surface area contributed by atoms with Crippen LogP contribution in [0.15, 0.2) is 48.5 Å². The molecule has 1 fully saturated rings. The van der Waals surface area contributed by atoms with E-state index in [2.05, 4.69) is 9.69 Å². The van der Waals surface area contributed by atoms with E-state index in [1.165, 1.54) is 11.3 Å². The number of methoxy groups -OCH3 is 1. The predicted octanol–water partition coefficient (Wildman–Crippen LogP) is 6.60. The molecule has 4 rings (SSSR count). The Morgan fingerprint density at radius 3 is 2.37 bits per heavy atom. The minimum Gasteiger partial charge on any atom is -0.497 e. The molecule has 1 N–H and O–H groups in total. The molecule has 1 aromatic heterocycles. The van der Waals surface area contributed by atoms with Crippen molar-refractivity contribution in [1.29, 1.82) is 0 Å². The van der Waals surface area contributed by atoms with Gasteiger partial charge in [0.2, 0.25) is 5.91 Å². The van der Waals surface area contributed by atoms with Gasteiger partial charge in [0.05, 0.1) is 7.11 Å². The molecule has 1 unspecified atom stereocenters. The van der Waals surface area contributed by atoms with Gasteiger partial charge in [0, 0.05) is 11.7 Å². The van der Waals surface area contributed by atoms with Crippen molar-refractivity contribution in [2.24, 2.45) is 0 Å². The van der Waals surface area contributed by atoms with Crippen molar-refractivity contribution in [2.45, 2.75) is 51.1 Å². The molecule has 184 valence electrons. The van der Waals surface area contributed by atoms with Crippen LogP contribution in [0.5, 0.6) is 5.75 Å². The highest BCUT2D eigenvalue weighted by atomic mass is 35.5. The molecule has 0 spiro atoms. The van der Waals surface area contributed by atoms with Gasteiger partial charge in [0.25, 0.3) is 5.91 Å². The van der Waals surface area contributed by atoms with E-state index < -0.39 is 11.9 Å². The van der Waals surface area contributed by atoms with Crippen LogP contribution in [0, 0.1) is 6.92 Å². The summed E-state index contributed by atoms with van der Waals surface area (Å²) in [5, 5.41) is 3.29. The number of halogens is 2. The Hall–Kier alpha value is -2.61. The number of aryl methyl sites for hydroxylation is 1. The normalized spacial score (nSPS) is 14.9. The molecule has 1 aliphatic carbocycles. The number of amides is 2. The molecule has 1 saturated carbocycles. The lowest BCUT2D eigenvalue weighted by Crippen LogP contribution is -2.47. The third-order valence-corrected chi connectivity index (χ3v) is 7.89. The quantitative estimate of drug-likeness (QED) is 0.372. The summed E-state index contributed by atoms with van der Waals surface area (Å²) in [6.45, 7) is 1.90. The van der Waals surface area contributed by atoms with Crippen molar-refractivity contribution in [3.05, 3.63) is 74.7 Å². The van der Waals surface area contributed by atoms with Gasteiger partial charge in [-0.15, -0.1) is 0 Å². The van der Waals surface area contributed by atoms with Crippen molar-refractivity contribution in [2.75, 3.05) is 12.0 Å². The zero-order valence-electron chi connectivity index (χ0n) is 19.6. The molecule has 0 aliphatic heterocycles. The Labute approximate surface area is 219 Å². The molecule has 0 bridgehead atoms. The summed E-state index contributed by atoms with van der Waals surface area (Å²) in [5.74, 6) is -0.0912. The molecule has 35 heavy (non-hydrogen) atoms. The van der Waals surface area contributed by atoms with E-state index in [1.54, 1.807) is 31.4 Å². The molecule has 9 heteroatoms. The number of nitrogens with zero attached hydrogens (tertiary/aromatic N) is 2. The number of carbonyl (C=O) groups excluding carboxylic acids is 2. The van der Waals surface area contributed by atoms with Gasteiger partial charge in [-0.25, -0.2) is 0 Å². The molecule has 0 saturated heterocycles. The molecule has 6 nitrogen and oxygen atoms in total. The van der Waals surface area contributed by atoms with Crippen LogP contribution in [0.2, 0.25) is 9.36 Å². The second-order valence-corrected chi connectivity index (χ2v) is 10.4. The number of ether oxygens (including phenoxy) is 1. The molecule has 1 heterocycles. The van der Waals surface area contributed by atoms with Crippen LogP contribution in [0.1, 0.15) is 59.8 Å². The Kier molecular flexibility index (Phi) is 8.31. The van der Waals surface area contributed by atoms with Gasteiger partial charge >= 0.3 is 0 Å². The number of benzene rings is 2. The van der Waals surface area contributed by atoms with E-state index in [9.17, 15) is 9.59 Å². The second-order valence-electron chi connectivity index (χ2n) is 8.60. The first-order valence-electron chi connectivity index (χ1n) is 11.5. The fourth-order valence-electron chi connectivity index (χ4n) is 4.44. The number of aromatic nitrogens is 1. The van der Waals surface area contributed by atoms with Gasteiger partial charge in [-0.3, -0.25) is 14.5 Å². The number of hydrogen-bond donors (Lipinski definition) is 1. The zero-order valence-corrected chi connectivity index (χ0v) is 21.9. The third kappa shape index (κ3) is 5.63. The Morgan fingerprint density at radius 1 is 1.09 bits per heavy atom. The molecule has 1 atom stereocenters. The summed E-state index contributed by atoms with van der Waals surface area (Å²) in [5.41, 5.74) is 2.10. The Morgan fingerprint density at radius 2 is 1.77 bits per heavy atom. The minimum atomic E-state index is -0.951. The lowest BCUT2D eigenvalue weighted by molar-refractivity contribution is -0.123. The number of anilines is 1. The number of para-hydroxylation sites is 1. The van der Waals surface area contributed by atoms with Crippen LogP contribution >= 0.6 is 34.7 Å². The smallest absolute Gasteiger partial charge is 0.280 e. The minimum absolute atomic E-state index is 0.0221. The van der Waals surface area contributed by atoms with Gasteiger partial charge < -0.3 is 10.1 Å². The maximum absolute atomic E-state index is 14.0. The maximum Gasteiger partial charge on any atom is 0.280 e. The van der Waals surface area contributed by atoms with Crippen molar-refractivity contribution in [3.63, 3.8) is 0 Å². The number of carbonyl (C=O) groups is 2. The summed E-state index contributed by atoms with van der Waals surface area (Å²) in [7, 11) is 1.58. The van der Waals surface area contributed by atoms with E-state index in [0.29, 0.717) is 17.0 Å². The second kappa shape index (κ2) is 11.4. The highest BCUT2D eigenvalue weighted by Gasteiger charge is 2.37. The monoisotopic (exact) mass is 531 g/mol. The Balaban J connectivity index is 1.83. The first-order chi connectivity index (χ1) is 16.9. The molecule has 2 aromatic carbocycles. The SMILES string of the molecule is COc1ccc(C(C(=O)NC2CCCCC2)N(C(=O)c2nsc(Cl)c2Cl)c2ccccc2C)cc1. The highest BCUT2D eigenvalue weighted by molar-refractivity contribution is 7.11. The fraction of sp³-hybridized carbons (Fsp3) is 0.346. The zero-order chi connectivity index (χ0) is 24.9. The molecule has 3 aromatic rings. The van der Waals surface area contributed by atoms with E-state index in [-0.39, 0.29) is 27.0 Å². The largest absolute Gasteiger partial charge is 0.497 e. The van der Waals surface area contributed by atoms with Crippen LogP contribution in [0.4, 0.5) is 5.69 Å². The third-order valence-electron chi connectivity index (χ3n) is 6.28. The van der Waals surface area contributed by atoms with Gasteiger partial charge in [-0.2, -0.15) is 4.37 Å². The fourth-order valence-corrected chi connectivity index (χ4v) is 5.42. The molecule has 2 amide bonds. The summed E-state index contributed by atoms with van der Waals surface area (Å²) >= 11 is 13.4. The first kappa shape index (κ1) is 25.5. The highest BCUT2D eigenvalue weighted by Crippen LogP contribution is 2.36. The van der Waals surface area contributed by atoms with Gasteiger partial charge in [-0.1, -0.05) is 72.8 Å². The van der Waals surface area contributed by atoms with Crippen LogP contribution in [0.3, 0.4) is 0 Å². The summed E-state index contributed by atoms with van der Waals surface area (Å²) in [4.78, 5) is 29.4. The molecule has 1 aliphatic rings. The van der Waals surface area contributed by atoms with Crippen LogP contribution < -0.4 is 15.0 Å². The summed E-state index contributed by atoms with van der Waals surface area (Å²) < 4.78 is 9.74. The lowest BCUT2D eigenvalue weighted by Gasteiger charge is -2.34. The van der Waals surface area contributed by atoms with Gasteiger partial charge in [0.15, 0.2) is 5.69 Å². The first-order valence-corrected chi connectivity index (χ1v) is 13.1. The maximum atomic E-state index is 14.0. The summed E-state index contributed by atoms with van der Waals surface area (Å²) in [6.07, 6.45) is 5.17. The lowest BCUT2D eigenvalue weighted by atomic mass is 9.94. The molecule has 0 radical (unpaired) electrons. The standard InChI is InChI=1S/C26H27Cl2N3O3S/c1-16-8-6-7-11-20(16)31(26(33)22-21(27)24(28)35-30-22)23(17-12-14-19(34-2)15-13-17)25(32)29-18-9-4-3-5-10-18/h6-8,11-15,18,23H,3-5,9-10H2,1-2H3,(H,29,32). The number of hydrogen-bond acceptors (Lipinski definition) is 5. The number of nitrogens with one attached hydrogen (secondary N) is 1. The van der Waals surface area contributed by atoms with E-state index in [0.717, 1.165) is 42.8 Å². The van der Waals surface area contributed by atoms with E-state index in [4.69, 9.17) is 27.9 Å². The van der Waals surface area contributed by atoms with Crippen molar-refractivity contribution in [3.8, 4) is 5.75 Å². The van der Waals surface area contributed by atoms with E-state index >= 15 is 0 Å². The number of rotatable bonds is 7. The van der Waals surface area contributed by atoms with Crippen LogP contribution in [-0.2, 0) is 4.79 Å².